The van der Waals surface area contributed by atoms with Gasteiger partial charge in [0.15, 0.2) is 5.65 Å². The Kier molecular flexibility index (Phi) is 5.56. The normalized spacial score (nSPS) is 10.8. The van der Waals surface area contributed by atoms with Crippen LogP contribution in [-0.4, -0.2) is 57.3 Å². The third-order valence-electron chi connectivity index (χ3n) is 4.04. The zero-order chi connectivity index (χ0) is 19.4. The van der Waals surface area contributed by atoms with Crippen molar-refractivity contribution in [3.05, 3.63) is 47.7 Å². The quantitative estimate of drug-likeness (QED) is 0.664. The van der Waals surface area contributed by atoms with Gasteiger partial charge in [-0.1, -0.05) is 6.07 Å². The fraction of sp³-hybridized carbons (Fsp3) is 0.316. The van der Waals surface area contributed by atoms with Crippen LogP contribution in [0.3, 0.4) is 0 Å². The second-order valence-electron chi connectivity index (χ2n) is 6.16. The Morgan fingerprint density at radius 1 is 1.33 bits per heavy atom. The summed E-state index contributed by atoms with van der Waals surface area (Å²) in [4.78, 5) is 18.3. The number of hydrogen-bond acceptors (Lipinski definition) is 6. The largest absolute Gasteiger partial charge is 0.492 e. The summed E-state index contributed by atoms with van der Waals surface area (Å²) in [7, 11) is 1.65. The summed E-state index contributed by atoms with van der Waals surface area (Å²) in [5.41, 5.74) is 2.98. The molecule has 2 heterocycles. The second kappa shape index (κ2) is 8.05. The molecule has 0 spiro atoms. The smallest absolute Gasteiger partial charge is 0.253 e. The van der Waals surface area contributed by atoms with Gasteiger partial charge in [0.05, 0.1) is 18.9 Å². The minimum absolute atomic E-state index is 0.0841. The van der Waals surface area contributed by atoms with Crippen LogP contribution >= 0.6 is 0 Å². The number of aliphatic hydroxyl groups excluding tert-OH is 1. The van der Waals surface area contributed by atoms with Crippen molar-refractivity contribution < 1.29 is 14.6 Å². The summed E-state index contributed by atoms with van der Waals surface area (Å²) in [5, 5.41) is 16.6. The molecule has 0 bridgehead atoms. The topological polar surface area (TPSA) is 92.0 Å². The number of likely N-dealkylation sites (N-methyl/N-ethyl adjacent to an activating group) is 1. The molecular formula is C19H23N5O3. The van der Waals surface area contributed by atoms with Crippen molar-refractivity contribution in [1.29, 1.82) is 0 Å². The third kappa shape index (κ3) is 4.17. The lowest BCUT2D eigenvalue weighted by Crippen LogP contribution is -2.29. The van der Waals surface area contributed by atoms with E-state index in [2.05, 4.69) is 15.4 Å². The minimum Gasteiger partial charge on any atom is -0.492 e. The first-order valence-electron chi connectivity index (χ1n) is 8.75. The Morgan fingerprint density at radius 2 is 2.15 bits per heavy atom. The predicted molar refractivity (Wildman–Crippen MR) is 103 cm³/mol. The molecule has 2 N–H and O–H groups in total. The summed E-state index contributed by atoms with van der Waals surface area (Å²) in [6, 6.07) is 9.03. The summed E-state index contributed by atoms with van der Waals surface area (Å²) in [6.45, 7) is 4.51. The van der Waals surface area contributed by atoms with Crippen molar-refractivity contribution in [2.75, 3.05) is 32.1 Å². The molecule has 8 heteroatoms. The molecule has 3 aromatic rings. The van der Waals surface area contributed by atoms with Gasteiger partial charge < -0.3 is 20.1 Å². The van der Waals surface area contributed by atoms with E-state index in [0.717, 1.165) is 11.2 Å². The van der Waals surface area contributed by atoms with E-state index in [9.17, 15) is 4.79 Å². The molecule has 0 aliphatic carbocycles. The molecule has 1 amide bonds. The van der Waals surface area contributed by atoms with Gasteiger partial charge in [0.25, 0.3) is 5.91 Å². The van der Waals surface area contributed by atoms with Crippen molar-refractivity contribution in [3.8, 4) is 5.75 Å². The molecule has 0 saturated heterocycles. The molecule has 0 aliphatic rings. The van der Waals surface area contributed by atoms with Crippen LogP contribution in [0.25, 0.3) is 5.65 Å². The zero-order valence-electron chi connectivity index (χ0n) is 15.6. The number of ether oxygens (including phenoxy) is 1. The molecular weight excluding hydrogens is 346 g/mol. The van der Waals surface area contributed by atoms with Crippen molar-refractivity contribution in [2.45, 2.75) is 13.8 Å². The maximum atomic E-state index is 12.4. The molecule has 0 saturated carbocycles. The van der Waals surface area contributed by atoms with E-state index in [1.165, 1.54) is 4.90 Å². The lowest BCUT2D eigenvalue weighted by Gasteiger charge is -2.17. The molecule has 2 aromatic heterocycles. The third-order valence-corrected chi connectivity index (χ3v) is 4.04. The first kappa shape index (κ1) is 18.7. The lowest BCUT2D eigenvalue weighted by atomic mass is 10.1. The Labute approximate surface area is 157 Å². The maximum absolute atomic E-state index is 12.4. The van der Waals surface area contributed by atoms with E-state index in [4.69, 9.17) is 9.84 Å². The average Bonchev–Trinajstić information content (AvgIpc) is 3.04. The molecule has 3 rings (SSSR count). The first-order chi connectivity index (χ1) is 13.0. The number of hydrogen-bond donors (Lipinski definition) is 2. The number of nitrogens with one attached hydrogen (secondary N) is 1. The highest BCUT2D eigenvalue weighted by atomic mass is 16.5. The standard InChI is InChI=1S/C19H23N5O3/c1-4-27-16-11-14(18(26)23(3)9-10-25)6-7-15(16)20-19-21-17-8-5-13(2)12-24(17)22-19/h5-8,11-12,25H,4,9-10H2,1-3H3,(H,20,22). The summed E-state index contributed by atoms with van der Waals surface area (Å²) >= 11 is 0. The van der Waals surface area contributed by atoms with E-state index >= 15 is 0 Å². The number of aryl methyl sites for hydroxylation is 1. The summed E-state index contributed by atoms with van der Waals surface area (Å²) < 4.78 is 7.40. The highest BCUT2D eigenvalue weighted by molar-refractivity contribution is 5.95. The molecule has 0 radical (unpaired) electrons. The summed E-state index contributed by atoms with van der Waals surface area (Å²) in [6.07, 6.45) is 1.90. The van der Waals surface area contributed by atoms with Crippen LogP contribution in [0.4, 0.5) is 11.6 Å². The monoisotopic (exact) mass is 369 g/mol. The van der Waals surface area contributed by atoms with Gasteiger partial charge in [0.2, 0.25) is 5.95 Å². The molecule has 27 heavy (non-hydrogen) atoms. The molecule has 0 fully saturated rings. The van der Waals surface area contributed by atoms with Crippen molar-refractivity contribution in [2.24, 2.45) is 0 Å². The molecule has 0 atom stereocenters. The van der Waals surface area contributed by atoms with Crippen LogP contribution in [0.5, 0.6) is 5.75 Å². The number of carbonyl (C=O) groups excluding carboxylic acids is 1. The van der Waals surface area contributed by atoms with Crippen LogP contribution in [0.2, 0.25) is 0 Å². The van der Waals surface area contributed by atoms with Gasteiger partial charge in [-0.05, 0) is 43.7 Å². The van der Waals surface area contributed by atoms with Gasteiger partial charge in [-0.15, -0.1) is 5.10 Å². The van der Waals surface area contributed by atoms with Gasteiger partial charge >= 0.3 is 0 Å². The number of amides is 1. The number of anilines is 2. The molecule has 0 unspecified atom stereocenters. The zero-order valence-corrected chi connectivity index (χ0v) is 15.6. The summed E-state index contributed by atoms with van der Waals surface area (Å²) in [5.74, 6) is 0.798. The fourth-order valence-electron chi connectivity index (χ4n) is 2.66. The molecule has 1 aromatic carbocycles. The van der Waals surface area contributed by atoms with Crippen molar-refractivity contribution >= 4 is 23.2 Å². The lowest BCUT2D eigenvalue weighted by molar-refractivity contribution is 0.0766. The first-order valence-corrected chi connectivity index (χ1v) is 8.75. The predicted octanol–water partition coefficient (Wildman–Crippen LogP) is 2.24. The van der Waals surface area contributed by atoms with E-state index < -0.39 is 0 Å². The number of pyridine rings is 1. The number of carbonyl (C=O) groups is 1. The van der Waals surface area contributed by atoms with Crippen LogP contribution in [-0.2, 0) is 0 Å². The van der Waals surface area contributed by atoms with E-state index in [1.54, 1.807) is 29.8 Å². The van der Waals surface area contributed by atoms with Crippen LogP contribution in [0.1, 0.15) is 22.8 Å². The maximum Gasteiger partial charge on any atom is 0.253 e. The van der Waals surface area contributed by atoms with Gasteiger partial charge in [-0.2, -0.15) is 4.98 Å². The highest BCUT2D eigenvalue weighted by Crippen LogP contribution is 2.29. The number of fused-ring (bicyclic) bond motifs is 1. The van der Waals surface area contributed by atoms with Crippen molar-refractivity contribution in [1.82, 2.24) is 19.5 Å². The van der Waals surface area contributed by atoms with Gasteiger partial charge in [0.1, 0.15) is 5.75 Å². The van der Waals surface area contributed by atoms with Gasteiger partial charge in [-0.3, -0.25) is 4.79 Å². The van der Waals surface area contributed by atoms with Gasteiger partial charge in [-0.25, -0.2) is 4.52 Å². The van der Waals surface area contributed by atoms with Crippen LogP contribution in [0.15, 0.2) is 36.5 Å². The Hall–Kier alpha value is -3.13. The van der Waals surface area contributed by atoms with Crippen molar-refractivity contribution in [3.63, 3.8) is 0 Å². The number of rotatable bonds is 7. The SMILES string of the molecule is CCOc1cc(C(=O)N(C)CCO)ccc1Nc1nc2ccc(C)cn2n1. The number of aliphatic hydroxyl groups is 1. The highest BCUT2D eigenvalue weighted by Gasteiger charge is 2.15. The van der Waals surface area contributed by atoms with E-state index in [-0.39, 0.29) is 19.1 Å². The van der Waals surface area contributed by atoms with Gasteiger partial charge in [0, 0.05) is 25.4 Å². The van der Waals surface area contributed by atoms with E-state index in [0.29, 0.717) is 29.6 Å². The molecule has 142 valence electrons. The number of benzene rings is 1. The van der Waals surface area contributed by atoms with Crippen LogP contribution in [0, 0.1) is 6.92 Å². The Morgan fingerprint density at radius 3 is 2.89 bits per heavy atom. The fourth-order valence-corrected chi connectivity index (χ4v) is 2.66. The molecule has 8 nitrogen and oxygen atoms in total. The average molecular weight is 369 g/mol. The second-order valence-corrected chi connectivity index (χ2v) is 6.16. The number of nitrogens with zero attached hydrogens (tertiary/aromatic N) is 4. The number of aromatic nitrogens is 3. The Bertz CT molecular complexity index is 954. The van der Waals surface area contributed by atoms with E-state index in [1.807, 2.05) is 32.2 Å². The van der Waals surface area contributed by atoms with Crippen LogP contribution < -0.4 is 10.1 Å². The minimum atomic E-state index is -0.183. The molecule has 0 aliphatic heterocycles. The Balaban J connectivity index is 1.88.